The Kier molecular flexibility index (Phi) is 3.10. The van der Waals surface area contributed by atoms with Gasteiger partial charge in [0, 0.05) is 12.7 Å². The smallest absolute Gasteiger partial charge is 0.407 e. The largest absolute Gasteiger partial charge is 0.488 e. The zero-order valence-corrected chi connectivity index (χ0v) is 9.04. The van der Waals surface area contributed by atoms with Crippen molar-refractivity contribution in [1.82, 2.24) is 9.88 Å². The first-order chi connectivity index (χ1) is 8.22. The van der Waals surface area contributed by atoms with Gasteiger partial charge in [0.25, 0.3) is 0 Å². The van der Waals surface area contributed by atoms with Crippen molar-refractivity contribution in [3.05, 3.63) is 24.0 Å². The van der Waals surface area contributed by atoms with Crippen LogP contribution >= 0.6 is 0 Å². The van der Waals surface area contributed by atoms with Gasteiger partial charge in [-0.05, 0) is 12.5 Å². The quantitative estimate of drug-likeness (QED) is 0.844. The Hall–Kier alpha value is -2.29. The van der Waals surface area contributed by atoms with Gasteiger partial charge in [0.05, 0.1) is 17.8 Å². The number of amides is 1. The SMILES string of the molecule is N#Cc1ccncc1OC[C@@H]1CCN1C(=O)O. The lowest BCUT2D eigenvalue weighted by atomic mass is 10.1. The first kappa shape index (κ1) is 11.2. The molecule has 0 radical (unpaired) electrons. The predicted molar refractivity (Wildman–Crippen MR) is 57.6 cm³/mol. The molecule has 0 bridgehead atoms. The van der Waals surface area contributed by atoms with Gasteiger partial charge in [-0.15, -0.1) is 0 Å². The van der Waals surface area contributed by atoms with E-state index in [-0.39, 0.29) is 12.6 Å². The van der Waals surface area contributed by atoms with Crippen LogP contribution in [-0.2, 0) is 0 Å². The summed E-state index contributed by atoms with van der Waals surface area (Å²) in [6, 6.07) is 3.43. The number of likely N-dealkylation sites (tertiary alicyclic amines) is 1. The molecule has 1 aliphatic heterocycles. The number of carboxylic acid groups (broad SMARTS) is 1. The summed E-state index contributed by atoms with van der Waals surface area (Å²) in [5.74, 6) is 0.396. The number of hydrogen-bond donors (Lipinski definition) is 1. The van der Waals surface area contributed by atoms with Crippen molar-refractivity contribution < 1.29 is 14.6 Å². The van der Waals surface area contributed by atoms with Gasteiger partial charge in [-0.1, -0.05) is 0 Å². The summed E-state index contributed by atoms with van der Waals surface area (Å²) < 4.78 is 5.42. The van der Waals surface area contributed by atoms with Crippen LogP contribution < -0.4 is 4.74 Å². The van der Waals surface area contributed by atoms with Crippen molar-refractivity contribution >= 4 is 6.09 Å². The fourth-order valence-corrected chi connectivity index (χ4v) is 1.64. The average molecular weight is 233 g/mol. The molecule has 88 valence electrons. The van der Waals surface area contributed by atoms with Crippen LogP contribution in [0.5, 0.6) is 5.75 Å². The molecule has 1 saturated heterocycles. The monoisotopic (exact) mass is 233 g/mol. The normalized spacial score (nSPS) is 18.1. The molecule has 1 aromatic rings. The van der Waals surface area contributed by atoms with Gasteiger partial charge in [0.2, 0.25) is 0 Å². The number of pyridine rings is 1. The molecule has 0 unspecified atom stereocenters. The average Bonchev–Trinajstić information content (AvgIpc) is 2.27. The second-order valence-electron chi connectivity index (χ2n) is 3.71. The minimum atomic E-state index is -0.934. The third kappa shape index (κ3) is 2.28. The molecular weight excluding hydrogens is 222 g/mol. The van der Waals surface area contributed by atoms with Crippen molar-refractivity contribution in [3.63, 3.8) is 0 Å². The van der Waals surface area contributed by atoms with E-state index in [0.717, 1.165) is 6.42 Å². The minimum Gasteiger partial charge on any atom is -0.488 e. The summed E-state index contributed by atoms with van der Waals surface area (Å²) in [7, 11) is 0. The second-order valence-corrected chi connectivity index (χ2v) is 3.71. The van der Waals surface area contributed by atoms with E-state index in [0.29, 0.717) is 17.9 Å². The van der Waals surface area contributed by atoms with Crippen molar-refractivity contribution in [1.29, 1.82) is 5.26 Å². The molecule has 1 atom stereocenters. The number of nitriles is 1. The van der Waals surface area contributed by atoms with Crippen LogP contribution in [0.4, 0.5) is 4.79 Å². The molecule has 1 aliphatic rings. The highest BCUT2D eigenvalue weighted by Crippen LogP contribution is 2.20. The van der Waals surface area contributed by atoms with Crippen LogP contribution in [0.1, 0.15) is 12.0 Å². The van der Waals surface area contributed by atoms with Crippen LogP contribution in [0, 0.1) is 11.3 Å². The molecule has 0 aliphatic carbocycles. The molecule has 1 amide bonds. The Morgan fingerprint density at radius 3 is 3.18 bits per heavy atom. The number of nitrogens with zero attached hydrogens (tertiary/aromatic N) is 3. The topological polar surface area (TPSA) is 86.5 Å². The molecule has 0 saturated carbocycles. The lowest BCUT2D eigenvalue weighted by Gasteiger charge is -2.38. The van der Waals surface area contributed by atoms with E-state index < -0.39 is 6.09 Å². The van der Waals surface area contributed by atoms with Gasteiger partial charge >= 0.3 is 6.09 Å². The lowest BCUT2D eigenvalue weighted by Crippen LogP contribution is -2.53. The van der Waals surface area contributed by atoms with Crippen molar-refractivity contribution in [2.75, 3.05) is 13.2 Å². The van der Waals surface area contributed by atoms with Crippen LogP contribution in [-0.4, -0.2) is 40.3 Å². The standard InChI is InChI=1S/C11H11N3O3/c12-5-8-1-3-13-6-10(8)17-7-9-2-4-14(9)11(15)16/h1,3,6,9H,2,4,7H2,(H,15,16)/t9-/m0/s1. The van der Waals surface area contributed by atoms with E-state index in [1.54, 1.807) is 6.07 Å². The number of ether oxygens (including phenoxy) is 1. The third-order valence-corrected chi connectivity index (χ3v) is 2.73. The molecule has 6 nitrogen and oxygen atoms in total. The first-order valence-corrected chi connectivity index (χ1v) is 5.19. The zero-order chi connectivity index (χ0) is 12.3. The van der Waals surface area contributed by atoms with Crippen molar-refractivity contribution in [3.8, 4) is 11.8 Å². The van der Waals surface area contributed by atoms with Crippen LogP contribution in [0.15, 0.2) is 18.5 Å². The Morgan fingerprint density at radius 2 is 2.59 bits per heavy atom. The molecule has 2 heterocycles. The van der Waals surface area contributed by atoms with E-state index >= 15 is 0 Å². The summed E-state index contributed by atoms with van der Waals surface area (Å²) in [6.07, 6.45) is 2.83. The van der Waals surface area contributed by atoms with Gasteiger partial charge in [-0.2, -0.15) is 5.26 Å². The molecule has 0 spiro atoms. The second kappa shape index (κ2) is 4.70. The number of rotatable bonds is 3. The maximum absolute atomic E-state index is 10.7. The number of carbonyl (C=O) groups is 1. The van der Waals surface area contributed by atoms with Crippen molar-refractivity contribution in [2.24, 2.45) is 0 Å². The highest BCUT2D eigenvalue weighted by Gasteiger charge is 2.32. The Labute approximate surface area is 98.1 Å². The fraction of sp³-hybridized carbons (Fsp3) is 0.364. The van der Waals surface area contributed by atoms with Crippen molar-refractivity contribution in [2.45, 2.75) is 12.5 Å². The highest BCUT2D eigenvalue weighted by atomic mass is 16.5. The maximum atomic E-state index is 10.7. The molecule has 1 fully saturated rings. The Balaban J connectivity index is 1.95. The summed E-state index contributed by atoms with van der Waals surface area (Å²) >= 11 is 0. The van der Waals surface area contributed by atoms with Gasteiger partial charge < -0.3 is 14.7 Å². The lowest BCUT2D eigenvalue weighted by molar-refractivity contribution is 0.0498. The summed E-state index contributed by atoms with van der Waals surface area (Å²) in [4.78, 5) is 15.9. The Bertz CT molecular complexity index is 469. The van der Waals surface area contributed by atoms with E-state index in [2.05, 4.69) is 4.98 Å². The van der Waals surface area contributed by atoms with E-state index in [1.165, 1.54) is 17.3 Å². The van der Waals surface area contributed by atoms with E-state index in [9.17, 15) is 4.79 Å². The van der Waals surface area contributed by atoms with Gasteiger partial charge in [0.15, 0.2) is 5.75 Å². The maximum Gasteiger partial charge on any atom is 0.407 e. The van der Waals surface area contributed by atoms with E-state index in [1.807, 2.05) is 6.07 Å². The van der Waals surface area contributed by atoms with Gasteiger partial charge in [-0.3, -0.25) is 4.98 Å². The molecule has 17 heavy (non-hydrogen) atoms. The van der Waals surface area contributed by atoms with Crippen LogP contribution in [0.3, 0.4) is 0 Å². The Morgan fingerprint density at radius 1 is 1.76 bits per heavy atom. The fourth-order valence-electron chi connectivity index (χ4n) is 1.64. The molecule has 2 rings (SSSR count). The molecule has 6 heteroatoms. The third-order valence-electron chi connectivity index (χ3n) is 2.73. The van der Waals surface area contributed by atoms with Gasteiger partial charge in [0.1, 0.15) is 12.7 Å². The number of hydrogen-bond acceptors (Lipinski definition) is 4. The van der Waals surface area contributed by atoms with E-state index in [4.69, 9.17) is 15.1 Å². The molecule has 1 N–H and O–H groups in total. The predicted octanol–water partition coefficient (Wildman–Crippen LogP) is 1.08. The first-order valence-electron chi connectivity index (χ1n) is 5.19. The molecule has 1 aromatic heterocycles. The zero-order valence-electron chi connectivity index (χ0n) is 9.04. The summed E-state index contributed by atoms with van der Waals surface area (Å²) in [5, 5.41) is 17.6. The van der Waals surface area contributed by atoms with Crippen LogP contribution in [0.25, 0.3) is 0 Å². The molecule has 0 aromatic carbocycles. The summed E-state index contributed by atoms with van der Waals surface area (Å²) in [6.45, 7) is 0.800. The minimum absolute atomic E-state index is 0.126. The molecular formula is C11H11N3O3. The summed E-state index contributed by atoms with van der Waals surface area (Å²) in [5.41, 5.74) is 0.404. The van der Waals surface area contributed by atoms with Gasteiger partial charge in [-0.25, -0.2) is 4.79 Å². The van der Waals surface area contributed by atoms with Crippen LogP contribution in [0.2, 0.25) is 0 Å². The number of aromatic nitrogens is 1. The highest BCUT2D eigenvalue weighted by molar-refractivity contribution is 5.66.